The SMILES string of the molecule is CC(N)C(Oc1ccc(CCO)cc1)c1ccccc1Cl. The van der Waals surface area contributed by atoms with Crippen molar-refractivity contribution in [1.82, 2.24) is 0 Å². The molecule has 4 heteroatoms. The van der Waals surface area contributed by atoms with Gasteiger partial charge < -0.3 is 15.6 Å². The Morgan fingerprint density at radius 2 is 1.81 bits per heavy atom. The van der Waals surface area contributed by atoms with Crippen LogP contribution in [0.1, 0.15) is 24.2 Å². The highest BCUT2D eigenvalue weighted by atomic mass is 35.5. The molecule has 3 N–H and O–H groups in total. The van der Waals surface area contributed by atoms with Crippen LogP contribution in [0.4, 0.5) is 0 Å². The summed E-state index contributed by atoms with van der Waals surface area (Å²) in [6.07, 6.45) is 0.337. The molecule has 2 atom stereocenters. The first-order valence-corrected chi connectivity index (χ1v) is 7.36. The van der Waals surface area contributed by atoms with E-state index in [1.807, 2.05) is 55.5 Å². The topological polar surface area (TPSA) is 55.5 Å². The summed E-state index contributed by atoms with van der Waals surface area (Å²) in [7, 11) is 0. The van der Waals surface area contributed by atoms with Crippen LogP contribution in [-0.4, -0.2) is 17.8 Å². The third-order valence-corrected chi connectivity index (χ3v) is 3.62. The molecule has 0 aliphatic heterocycles. The molecule has 2 unspecified atom stereocenters. The Kier molecular flexibility index (Phi) is 5.62. The molecule has 2 aromatic rings. The average molecular weight is 306 g/mol. The van der Waals surface area contributed by atoms with Crippen LogP contribution in [0.3, 0.4) is 0 Å². The molecule has 0 aliphatic carbocycles. The molecular formula is C17H20ClNO2. The highest BCUT2D eigenvalue weighted by Gasteiger charge is 2.20. The van der Waals surface area contributed by atoms with Gasteiger partial charge in [-0.1, -0.05) is 41.9 Å². The summed E-state index contributed by atoms with van der Waals surface area (Å²) in [6, 6.07) is 15.0. The molecule has 0 saturated carbocycles. The number of hydrogen-bond acceptors (Lipinski definition) is 3. The van der Waals surface area contributed by atoms with Gasteiger partial charge in [-0.2, -0.15) is 0 Å². The summed E-state index contributed by atoms with van der Waals surface area (Å²) in [5, 5.41) is 9.57. The molecule has 112 valence electrons. The van der Waals surface area contributed by atoms with Crippen molar-refractivity contribution in [2.45, 2.75) is 25.5 Å². The van der Waals surface area contributed by atoms with E-state index >= 15 is 0 Å². The molecule has 0 aliphatic rings. The number of halogens is 1. The molecular weight excluding hydrogens is 286 g/mol. The minimum atomic E-state index is -0.303. The fourth-order valence-electron chi connectivity index (χ4n) is 2.17. The van der Waals surface area contributed by atoms with Gasteiger partial charge in [-0.3, -0.25) is 0 Å². The van der Waals surface area contributed by atoms with Gasteiger partial charge in [-0.15, -0.1) is 0 Å². The van der Waals surface area contributed by atoms with E-state index in [4.69, 9.17) is 27.2 Å². The van der Waals surface area contributed by atoms with Crippen molar-refractivity contribution in [3.8, 4) is 5.75 Å². The Morgan fingerprint density at radius 1 is 1.14 bits per heavy atom. The molecule has 3 nitrogen and oxygen atoms in total. The van der Waals surface area contributed by atoms with Gasteiger partial charge in [0, 0.05) is 23.2 Å². The highest BCUT2D eigenvalue weighted by Crippen LogP contribution is 2.29. The molecule has 0 saturated heterocycles. The van der Waals surface area contributed by atoms with Crippen LogP contribution in [0.2, 0.25) is 5.02 Å². The van der Waals surface area contributed by atoms with Crippen molar-refractivity contribution >= 4 is 11.6 Å². The van der Waals surface area contributed by atoms with Gasteiger partial charge in [0.05, 0.1) is 0 Å². The first-order valence-electron chi connectivity index (χ1n) is 6.98. The number of benzene rings is 2. The van der Waals surface area contributed by atoms with Gasteiger partial charge in [0.15, 0.2) is 0 Å². The van der Waals surface area contributed by atoms with E-state index in [-0.39, 0.29) is 18.8 Å². The summed E-state index contributed by atoms with van der Waals surface area (Å²) in [4.78, 5) is 0. The van der Waals surface area contributed by atoms with Crippen LogP contribution in [-0.2, 0) is 6.42 Å². The minimum Gasteiger partial charge on any atom is -0.484 e. The molecule has 2 aromatic carbocycles. The van der Waals surface area contributed by atoms with Crippen molar-refractivity contribution in [2.75, 3.05) is 6.61 Å². The monoisotopic (exact) mass is 305 g/mol. The summed E-state index contributed by atoms with van der Waals surface area (Å²) in [6.45, 7) is 2.04. The first kappa shape index (κ1) is 15.8. The van der Waals surface area contributed by atoms with E-state index in [9.17, 15) is 0 Å². The van der Waals surface area contributed by atoms with Gasteiger partial charge >= 0.3 is 0 Å². The van der Waals surface area contributed by atoms with Crippen molar-refractivity contribution in [1.29, 1.82) is 0 Å². The lowest BCUT2D eigenvalue weighted by molar-refractivity contribution is 0.180. The Bertz CT molecular complexity index is 569. The van der Waals surface area contributed by atoms with Crippen LogP contribution >= 0.6 is 11.6 Å². The van der Waals surface area contributed by atoms with Crippen molar-refractivity contribution in [2.24, 2.45) is 5.73 Å². The van der Waals surface area contributed by atoms with E-state index in [0.717, 1.165) is 16.9 Å². The largest absolute Gasteiger partial charge is 0.484 e. The number of rotatable bonds is 6. The maximum atomic E-state index is 8.92. The molecule has 0 radical (unpaired) electrons. The molecule has 2 rings (SSSR count). The maximum absolute atomic E-state index is 8.92. The van der Waals surface area contributed by atoms with E-state index in [1.165, 1.54) is 0 Å². The molecule has 21 heavy (non-hydrogen) atoms. The lowest BCUT2D eigenvalue weighted by Crippen LogP contribution is -2.29. The predicted octanol–water partition coefficient (Wildman–Crippen LogP) is 3.34. The van der Waals surface area contributed by atoms with Gasteiger partial charge in [0.2, 0.25) is 0 Å². The zero-order valence-electron chi connectivity index (χ0n) is 12.0. The smallest absolute Gasteiger partial charge is 0.140 e. The molecule has 0 aromatic heterocycles. The maximum Gasteiger partial charge on any atom is 0.140 e. The lowest BCUT2D eigenvalue weighted by Gasteiger charge is -2.24. The number of nitrogens with two attached hydrogens (primary N) is 1. The highest BCUT2D eigenvalue weighted by molar-refractivity contribution is 6.31. The number of aliphatic hydroxyl groups excluding tert-OH is 1. The second kappa shape index (κ2) is 7.46. The predicted molar refractivity (Wildman–Crippen MR) is 85.7 cm³/mol. The van der Waals surface area contributed by atoms with Crippen molar-refractivity contribution in [3.63, 3.8) is 0 Å². The van der Waals surface area contributed by atoms with E-state index < -0.39 is 0 Å². The Balaban J connectivity index is 2.19. The Morgan fingerprint density at radius 3 is 2.38 bits per heavy atom. The fourth-order valence-corrected chi connectivity index (χ4v) is 2.41. The standard InChI is InChI=1S/C17H20ClNO2/c1-12(19)17(15-4-2-3-5-16(15)18)21-14-8-6-13(7-9-14)10-11-20/h2-9,12,17,20H,10-11,19H2,1H3. The summed E-state index contributed by atoms with van der Waals surface area (Å²) in [5.41, 5.74) is 8.00. The van der Waals surface area contributed by atoms with Gasteiger partial charge in [-0.25, -0.2) is 0 Å². The van der Waals surface area contributed by atoms with Crippen LogP contribution in [0.15, 0.2) is 48.5 Å². The fraction of sp³-hybridized carbons (Fsp3) is 0.294. The van der Waals surface area contributed by atoms with E-state index in [1.54, 1.807) is 0 Å². The van der Waals surface area contributed by atoms with Crippen LogP contribution < -0.4 is 10.5 Å². The summed E-state index contributed by atoms with van der Waals surface area (Å²) < 4.78 is 6.00. The lowest BCUT2D eigenvalue weighted by atomic mass is 10.0. The first-order chi connectivity index (χ1) is 10.1. The van der Waals surface area contributed by atoms with Crippen LogP contribution in [0.25, 0.3) is 0 Å². The number of hydrogen-bond donors (Lipinski definition) is 2. The summed E-state index contributed by atoms with van der Waals surface area (Å²) >= 11 is 6.23. The van der Waals surface area contributed by atoms with Crippen LogP contribution in [0, 0.1) is 0 Å². The molecule has 0 amide bonds. The second-order valence-electron chi connectivity index (χ2n) is 5.04. The summed E-state index contributed by atoms with van der Waals surface area (Å²) in [5.74, 6) is 0.735. The number of aliphatic hydroxyl groups is 1. The second-order valence-corrected chi connectivity index (χ2v) is 5.44. The molecule has 0 bridgehead atoms. The van der Waals surface area contributed by atoms with Gasteiger partial charge in [0.25, 0.3) is 0 Å². The third kappa shape index (κ3) is 4.21. The molecule has 0 heterocycles. The van der Waals surface area contributed by atoms with Crippen molar-refractivity contribution in [3.05, 3.63) is 64.7 Å². The van der Waals surface area contributed by atoms with E-state index in [2.05, 4.69) is 0 Å². The molecule has 0 fully saturated rings. The van der Waals surface area contributed by atoms with Gasteiger partial charge in [-0.05, 0) is 37.1 Å². The number of ether oxygens (including phenoxy) is 1. The third-order valence-electron chi connectivity index (χ3n) is 3.28. The Hall–Kier alpha value is -1.55. The van der Waals surface area contributed by atoms with Crippen molar-refractivity contribution < 1.29 is 9.84 Å². The van der Waals surface area contributed by atoms with Gasteiger partial charge in [0.1, 0.15) is 11.9 Å². The Labute approximate surface area is 130 Å². The average Bonchev–Trinajstić information content (AvgIpc) is 2.47. The zero-order valence-corrected chi connectivity index (χ0v) is 12.8. The molecule has 0 spiro atoms. The zero-order chi connectivity index (χ0) is 15.2. The van der Waals surface area contributed by atoms with Crippen LogP contribution in [0.5, 0.6) is 5.75 Å². The quantitative estimate of drug-likeness (QED) is 0.860. The normalized spacial score (nSPS) is 13.7. The van der Waals surface area contributed by atoms with E-state index in [0.29, 0.717) is 11.4 Å². The minimum absolute atomic E-state index is 0.141.